The molecule has 0 unspecified atom stereocenters. The average Bonchev–Trinajstić information content (AvgIpc) is 3.38. The van der Waals surface area contributed by atoms with Crippen LogP contribution in [0.15, 0.2) is 69.9 Å². The summed E-state index contributed by atoms with van der Waals surface area (Å²) in [4.78, 5) is 43.9. The summed E-state index contributed by atoms with van der Waals surface area (Å²) in [7, 11) is 1.51. The van der Waals surface area contributed by atoms with Gasteiger partial charge < -0.3 is 10.1 Å². The number of aryl methyl sites for hydroxylation is 1. The maximum absolute atomic E-state index is 13.3. The molecule has 4 rings (SSSR count). The number of fused-ring (bicyclic) bond motifs is 1. The minimum atomic E-state index is -0.543. The van der Waals surface area contributed by atoms with E-state index < -0.39 is 16.7 Å². The van der Waals surface area contributed by atoms with E-state index in [4.69, 9.17) is 4.74 Å². The second-order valence-electron chi connectivity index (χ2n) is 7.90. The lowest BCUT2D eigenvalue weighted by Crippen LogP contribution is -2.35. The van der Waals surface area contributed by atoms with E-state index in [2.05, 4.69) is 22.7 Å². The minimum Gasteiger partial charge on any atom is -0.497 e. The Hall–Kier alpha value is -3.63. The van der Waals surface area contributed by atoms with Gasteiger partial charge in [-0.15, -0.1) is 11.3 Å². The molecule has 0 fully saturated rings. The van der Waals surface area contributed by atoms with Crippen LogP contribution in [-0.4, -0.2) is 33.8 Å². The predicted octanol–water partition coefficient (Wildman–Crippen LogP) is 4.92. The third kappa shape index (κ3) is 5.60. The number of rotatable bonds is 9. The summed E-state index contributed by atoms with van der Waals surface area (Å²) < 4.78 is 6.74. The number of nitrogens with zero attached hydrogens (tertiary/aromatic N) is 2. The van der Waals surface area contributed by atoms with Gasteiger partial charge in [-0.1, -0.05) is 43.8 Å². The molecule has 1 atom stereocenters. The third-order valence-corrected chi connectivity index (χ3v) is 7.74. The number of thiophene rings is 1. The Kier molecular flexibility index (Phi) is 8.07. The quantitative estimate of drug-likeness (QED) is 0.239. The van der Waals surface area contributed by atoms with Gasteiger partial charge in [-0.3, -0.25) is 19.8 Å². The highest BCUT2D eigenvalue weighted by atomic mass is 32.2. The van der Waals surface area contributed by atoms with Crippen molar-refractivity contribution in [2.45, 2.75) is 37.1 Å². The number of thioether (sulfide) groups is 1. The highest BCUT2D eigenvalue weighted by molar-refractivity contribution is 8.00. The lowest BCUT2D eigenvalue weighted by Gasteiger charge is -2.18. The van der Waals surface area contributed by atoms with Crippen molar-refractivity contribution in [3.8, 4) is 5.75 Å². The van der Waals surface area contributed by atoms with Crippen LogP contribution >= 0.6 is 23.1 Å². The number of methoxy groups -OCH3 is 1. The molecule has 0 aliphatic heterocycles. The number of hydrogen-bond acceptors (Lipinski definition) is 7. The molecular formula is C26H26N4O4S2. The molecule has 186 valence electrons. The average molecular weight is 523 g/mol. The normalized spacial score (nSPS) is 11.8. The van der Waals surface area contributed by atoms with Gasteiger partial charge in [-0.2, -0.15) is 4.68 Å². The van der Waals surface area contributed by atoms with E-state index in [1.54, 1.807) is 35.7 Å². The summed E-state index contributed by atoms with van der Waals surface area (Å²) in [5.41, 5.74) is 4.97. The summed E-state index contributed by atoms with van der Waals surface area (Å²) in [6.45, 7) is 3.96. The molecule has 2 heterocycles. The Labute approximate surface area is 216 Å². The van der Waals surface area contributed by atoms with Gasteiger partial charge in [0.25, 0.3) is 11.5 Å². The highest BCUT2D eigenvalue weighted by Crippen LogP contribution is 2.27. The predicted molar refractivity (Wildman–Crippen MR) is 145 cm³/mol. The van der Waals surface area contributed by atoms with Crippen molar-refractivity contribution in [2.24, 2.45) is 0 Å². The van der Waals surface area contributed by atoms with Gasteiger partial charge in [0.15, 0.2) is 5.16 Å². The van der Waals surface area contributed by atoms with Gasteiger partial charge >= 0.3 is 0 Å². The summed E-state index contributed by atoms with van der Waals surface area (Å²) >= 11 is 2.38. The molecule has 2 aromatic carbocycles. The fraction of sp³-hybridized carbons (Fsp3) is 0.231. The fourth-order valence-electron chi connectivity index (χ4n) is 3.50. The first kappa shape index (κ1) is 25.5. The van der Waals surface area contributed by atoms with Crippen LogP contribution in [0.1, 0.15) is 36.2 Å². The molecule has 0 radical (unpaired) electrons. The number of amides is 2. The lowest BCUT2D eigenvalue weighted by molar-refractivity contribution is -0.115. The van der Waals surface area contributed by atoms with Crippen LogP contribution in [0.3, 0.4) is 0 Å². The molecule has 10 heteroatoms. The van der Waals surface area contributed by atoms with Crippen molar-refractivity contribution in [1.29, 1.82) is 0 Å². The fourth-order valence-corrected chi connectivity index (χ4v) is 5.23. The Balaban J connectivity index is 1.62. The smallest absolute Gasteiger partial charge is 0.291 e. The van der Waals surface area contributed by atoms with Crippen LogP contribution in [-0.2, 0) is 11.2 Å². The van der Waals surface area contributed by atoms with E-state index in [1.807, 2.05) is 31.2 Å². The highest BCUT2D eigenvalue weighted by Gasteiger charge is 2.23. The molecule has 2 N–H and O–H groups in total. The molecule has 0 aliphatic rings. The van der Waals surface area contributed by atoms with Crippen LogP contribution < -0.4 is 21.0 Å². The Morgan fingerprint density at radius 1 is 1.14 bits per heavy atom. The first-order valence-corrected chi connectivity index (χ1v) is 13.2. The largest absolute Gasteiger partial charge is 0.497 e. The molecule has 2 aromatic heterocycles. The zero-order chi connectivity index (χ0) is 25.7. The molecule has 0 spiro atoms. The van der Waals surface area contributed by atoms with Crippen LogP contribution in [0.4, 0.5) is 5.69 Å². The monoisotopic (exact) mass is 522 g/mol. The first-order chi connectivity index (χ1) is 17.4. The minimum absolute atomic E-state index is 0.211. The van der Waals surface area contributed by atoms with E-state index in [0.717, 1.165) is 22.9 Å². The van der Waals surface area contributed by atoms with Gasteiger partial charge in [-0.25, -0.2) is 4.98 Å². The lowest BCUT2D eigenvalue weighted by atomic mass is 10.1. The molecule has 0 aliphatic carbocycles. The second-order valence-corrected chi connectivity index (χ2v) is 9.98. The van der Waals surface area contributed by atoms with E-state index in [-0.39, 0.29) is 11.1 Å². The Morgan fingerprint density at radius 3 is 2.61 bits per heavy atom. The molecule has 36 heavy (non-hydrogen) atoms. The summed E-state index contributed by atoms with van der Waals surface area (Å²) in [5.74, 6) is -0.188. The number of nitrogens with one attached hydrogen (secondary N) is 2. The van der Waals surface area contributed by atoms with Crippen LogP contribution in [0.5, 0.6) is 5.75 Å². The van der Waals surface area contributed by atoms with Gasteiger partial charge in [0, 0.05) is 11.3 Å². The number of benzene rings is 2. The third-order valence-electron chi connectivity index (χ3n) is 5.54. The number of aromatic nitrogens is 2. The van der Waals surface area contributed by atoms with Gasteiger partial charge in [-0.05, 0) is 60.2 Å². The van der Waals surface area contributed by atoms with Crippen LogP contribution in [0, 0.1) is 0 Å². The Bertz CT molecular complexity index is 1450. The van der Waals surface area contributed by atoms with Gasteiger partial charge in [0.1, 0.15) is 10.4 Å². The van der Waals surface area contributed by atoms with E-state index in [9.17, 15) is 14.4 Å². The number of anilines is 1. The van der Waals surface area contributed by atoms with Gasteiger partial charge in [0.05, 0.1) is 17.9 Å². The zero-order valence-electron chi connectivity index (χ0n) is 20.1. The molecule has 0 saturated heterocycles. The molecule has 2 amide bonds. The van der Waals surface area contributed by atoms with Gasteiger partial charge in [0.2, 0.25) is 5.91 Å². The van der Waals surface area contributed by atoms with Crippen molar-refractivity contribution in [3.63, 3.8) is 0 Å². The van der Waals surface area contributed by atoms with E-state index in [0.29, 0.717) is 33.6 Å². The SMILES string of the molecule is CCc1ccc(NC(=O)[C@H](CC)Sc2nc3ccsc3c(=O)n2NC(=O)c2cccc(OC)c2)cc1. The topological polar surface area (TPSA) is 102 Å². The van der Waals surface area contributed by atoms with Crippen molar-refractivity contribution in [2.75, 3.05) is 17.9 Å². The Morgan fingerprint density at radius 2 is 1.92 bits per heavy atom. The molecule has 8 nitrogen and oxygen atoms in total. The van der Waals surface area contributed by atoms with E-state index >= 15 is 0 Å². The standard InChI is InChI=1S/C26H26N4O4S2/c1-4-16-9-11-18(12-10-16)27-24(32)21(5-2)36-26-28-20-13-14-35-22(20)25(33)30(26)29-23(31)17-7-6-8-19(15-17)34-3/h6-15,21H,4-5H2,1-3H3,(H,27,32)(H,29,31)/t21-/m0/s1. The van der Waals surface area contributed by atoms with E-state index in [1.165, 1.54) is 24.0 Å². The van der Waals surface area contributed by atoms with Crippen molar-refractivity contribution in [3.05, 3.63) is 81.5 Å². The molecule has 4 aromatic rings. The first-order valence-electron chi connectivity index (χ1n) is 11.5. The second kappa shape index (κ2) is 11.4. The molecular weight excluding hydrogens is 496 g/mol. The molecule has 0 bridgehead atoms. The van der Waals surface area contributed by atoms with Crippen LogP contribution in [0.2, 0.25) is 0 Å². The maximum Gasteiger partial charge on any atom is 0.291 e. The van der Waals surface area contributed by atoms with Crippen molar-refractivity contribution < 1.29 is 14.3 Å². The van der Waals surface area contributed by atoms with Crippen LogP contribution in [0.25, 0.3) is 10.2 Å². The summed E-state index contributed by atoms with van der Waals surface area (Å²) in [6, 6.07) is 16.1. The number of carbonyl (C=O) groups excluding carboxylic acids is 2. The summed E-state index contributed by atoms with van der Waals surface area (Å²) in [6.07, 6.45) is 1.41. The zero-order valence-corrected chi connectivity index (χ0v) is 21.7. The maximum atomic E-state index is 13.3. The number of ether oxygens (including phenoxy) is 1. The number of hydrogen-bond donors (Lipinski definition) is 2. The van der Waals surface area contributed by atoms with Crippen molar-refractivity contribution >= 4 is 50.8 Å². The number of carbonyl (C=O) groups is 2. The summed E-state index contributed by atoms with van der Waals surface area (Å²) in [5, 5.41) is 4.39. The molecule has 0 saturated carbocycles. The van der Waals surface area contributed by atoms with Crippen molar-refractivity contribution in [1.82, 2.24) is 9.66 Å².